The van der Waals surface area contributed by atoms with E-state index in [2.05, 4.69) is 27.6 Å². The van der Waals surface area contributed by atoms with E-state index in [1.54, 1.807) is 11.3 Å². The van der Waals surface area contributed by atoms with E-state index in [4.69, 9.17) is 5.73 Å². The van der Waals surface area contributed by atoms with Gasteiger partial charge in [0.2, 0.25) is 0 Å². The molecule has 2 N–H and O–H groups in total. The van der Waals surface area contributed by atoms with Crippen molar-refractivity contribution in [1.82, 2.24) is 14.6 Å². The number of thiazole rings is 1. The fraction of sp³-hybridized carbons (Fsp3) is 0.357. The van der Waals surface area contributed by atoms with E-state index in [0.29, 0.717) is 0 Å². The van der Waals surface area contributed by atoms with E-state index in [-0.39, 0.29) is 6.04 Å². The van der Waals surface area contributed by atoms with E-state index >= 15 is 0 Å². The van der Waals surface area contributed by atoms with Crippen molar-refractivity contribution in [3.63, 3.8) is 0 Å². The van der Waals surface area contributed by atoms with Crippen molar-refractivity contribution in [3.05, 3.63) is 39.8 Å². The van der Waals surface area contributed by atoms with Crippen molar-refractivity contribution in [3.8, 4) is 0 Å². The Morgan fingerprint density at radius 2 is 2.15 bits per heavy atom. The van der Waals surface area contributed by atoms with Crippen molar-refractivity contribution < 1.29 is 0 Å². The SMILES string of the molecule is CCCc1nnsc1C(N)Cc1nc2ccccc2s1. The molecular weight excluding hydrogens is 288 g/mol. The lowest BCUT2D eigenvalue weighted by atomic mass is 10.1. The number of aryl methyl sites for hydroxylation is 1. The second kappa shape index (κ2) is 5.95. The molecule has 1 atom stereocenters. The summed E-state index contributed by atoms with van der Waals surface area (Å²) >= 11 is 3.13. The van der Waals surface area contributed by atoms with Crippen LogP contribution in [-0.2, 0) is 12.8 Å². The maximum Gasteiger partial charge on any atom is 0.0957 e. The molecule has 0 aliphatic heterocycles. The maximum atomic E-state index is 6.32. The third-order valence-electron chi connectivity index (χ3n) is 3.14. The zero-order chi connectivity index (χ0) is 13.9. The van der Waals surface area contributed by atoms with Crippen molar-refractivity contribution in [2.75, 3.05) is 0 Å². The monoisotopic (exact) mass is 304 g/mol. The van der Waals surface area contributed by atoms with Crippen molar-refractivity contribution >= 4 is 33.1 Å². The Labute approximate surface area is 125 Å². The third-order valence-corrected chi connectivity index (χ3v) is 5.10. The van der Waals surface area contributed by atoms with E-state index < -0.39 is 0 Å². The van der Waals surface area contributed by atoms with Gasteiger partial charge in [-0.1, -0.05) is 30.0 Å². The minimum absolute atomic E-state index is 0.0582. The summed E-state index contributed by atoms with van der Waals surface area (Å²) in [4.78, 5) is 5.74. The van der Waals surface area contributed by atoms with Crippen LogP contribution in [0.2, 0.25) is 0 Å². The highest BCUT2D eigenvalue weighted by Crippen LogP contribution is 2.27. The molecular formula is C14H16N4S2. The van der Waals surface area contributed by atoms with Gasteiger partial charge in [0.25, 0.3) is 0 Å². The Hall–Kier alpha value is -1.37. The number of nitrogens with two attached hydrogens (primary N) is 1. The first-order chi connectivity index (χ1) is 9.78. The molecule has 0 saturated heterocycles. The molecule has 1 aromatic carbocycles. The van der Waals surface area contributed by atoms with Gasteiger partial charge < -0.3 is 5.73 Å². The number of nitrogens with zero attached hydrogens (tertiary/aromatic N) is 3. The molecule has 0 radical (unpaired) electrons. The maximum absolute atomic E-state index is 6.32. The van der Waals surface area contributed by atoms with Crippen LogP contribution in [0.15, 0.2) is 24.3 Å². The smallest absolute Gasteiger partial charge is 0.0957 e. The molecule has 0 fully saturated rings. The molecule has 0 bridgehead atoms. The standard InChI is InChI=1S/C14H16N4S2/c1-2-5-11-14(20-18-17-11)9(15)8-13-16-10-6-3-4-7-12(10)19-13/h3-4,6-7,9H,2,5,8,15H2,1H3. The first kappa shape index (κ1) is 13.6. The summed E-state index contributed by atoms with van der Waals surface area (Å²) in [6.45, 7) is 2.14. The predicted molar refractivity (Wildman–Crippen MR) is 84.2 cm³/mol. The second-order valence-corrected chi connectivity index (χ2v) is 6.62. The van der Waals surface area contributed by atoms with Gasteiger partial charge in [0.05, 0.1) is 25.8 Å². The summed E-state index contributed by atoms with van der Waals surface area (Å²) in [7, 11) is 0. The van der Waals surface area contributed by atoms with Crippen LogP contribution >= 0.6 is 22.9 Å². The Morgan fingerprint density at radius 3 is 2.95 bits per heavy atom. The van der Waals surface area contributed by atoms with Gasteiger partial charge in [0, 0.05) is 12.5 Å². The van der Waals surface area contributed by atoms with Crippen LogP contribution in [0.5, 0.6) is 0 Å². The number of para-hydroxylation sites is 1. The first-order valence-corrected chi connectivity index (χ1v) is 8.28. The molecule has 20 heavy (non-hydrogen) atoms. The highest BCUT2D eigenvalue weighted by atomic mass is 32.1. The summed E-state index contributed by atoms with van der Waals surface area (Å²) in [5, 5.41) is 5.26. The summed E-state index contributed by atoms with van der Waals surface area (Å²) in [6, 6.07) is 8.13. The number of hydrogen-bond donors (Lipinski definition) is 1. The number of hydrogen-bond acceptors (Lipinski definition) is 6. The molecule has 2 aromatic heterocycles. The Morgan fingerprint density at radius 1 is 1.30 bits per heavy atom. The van der Waals surface area contributed by atoms with Gasteiger partial charge in [0.15, 0.2) is 0 Å². The molecule has 0 saturated carbocycles. The number of aromatic nitrogens is 3. The first-order valence-electron chi connectivity index (χ1n) is 6.69. The zero-order valence-electron chi connectivity index (χ0n) is 11.2. The lowest BCUT2D eigenvalue weighted by Crippen LogP contribution is -2.13. The van der Waals surface area contributed by atoms with Gasteiger partial charge in [-0.25, -0.2) is 4.98 Å². The molecule has 0 amide bonds. The van der Waals surface area contributed by atoms with Crippen molar-refractivity contribution in [2.45, 2.75) is 32.2 Å². The number of fused-ring (bicyclic) bond motifs is 1. The minimum atomic E-state index is -0.0582. The topological polar surface area (TPSA) is 64.7 Å². The highest BCUT2D eigenvalue weighted by molar-refractivity contribution is 7.18. The lowest BCUT2D eigenvalue weighted by molar-refractivity contribution is 0.712. The summed E-state index contributed by atoms with van der Waals surface area (Å²) in [6.07, 6.45) is 2.76. The molecule has 0 aliphatic carbocycles. The summed E-state index contributed by atoms with van der Waals surface area (Å²) < 4.78 is 5.25. The van der Waals surface area contributed by atoms with Gasteiger partial charge in [-0.3, -0.25) is 0 Å². The summed E-state index contributed by atoms with van der Waals surface area (Å²) in [5.41, 5.74) is 8.42. The second-order valence-electron chi connectivity index (χ2n) is 4.72. The van der Waals surface area contributed by atoms with Crippen molar-refractivity contribution in [2.24, 2.45) is 5.73 Å². The van der Waals surface area contributed by atoms with E-state index in [0.717, 1.165) is 40.4 Å². The van der Waals surface area contributed by atoms with Gasteiger partial charge in [-0.05, 0) is 30.1 Å². The van der Waals surface area contributed by atoms with Crippen LogP contribution in [0.1, 0.15) is 35.0 Å². The fourth-order valence-corrected chi connectivity index (χ4v) is 3.92. The van der Waals surface area contributed by atoms with Crippen LogP contribution in [-0.4, -0.2) is 14.6 Å². The normalized spacial score (nSPS) is 12.9. The van der Waals surface area contributed by atoms with Crippen LogP contribution in [0.4, 0.5) is 0 Å². The van der Waals surface area contributed by atoms with E-state index in [9.17, 15) is 0 Å². The molecule has 0 spiro atoms. The Balaban J connectivity index is 1.81. The molecule has 3 aromatic rings. The minimum Gasteiger partial charge on any atom is -0.323 e. The molecule has 1 unspecified atom stereocenters. The van der Waals surface area contributed by atoms with Crippen LogP contribution in [0.3, 0.4) is 0 Å². The number of rotatable bonds is 5. The number of benzene rings is 1. The summed E-state index contributed by atoms with van der Waals surface area (Å²) in [5.74, 6) is 0. The van der Waals surface area contributed by atoms with Gasteiger partial charge in [0.1, 0.15) is 0 Å². The Kier molecular flexibility index (Phi) is 4.05. The molecule has 2 heterocycles. The molecule has 0 aliphatic rings. The fourth-order valence-electron chi connectivity index (χ4n) is 2.20. The molecule has 6 heteroatoms. The van der Waals surface area contributed by atoms with Crippen LogP contribution in [0, 0.1) is 0 Å². The van der Waals surface area contributed by atoms with Gasteiger partial charge in [-0.2, -0.15) is 0 Å². The third kappa shape index (κ3) is 2.72. The molecule has 3 rings (SSSR count). The predicted octanol–water partition coefficient (Wildman–Crippen LogP) is 3.34. The lowest BCUT2D eigenvalue weighted by Gasteiger charge is -2.08. The van der Waals surface area contributed by atoms with E-state index in [1.165, 1.54) is 16.2 Å². The highest BCUT2D eigenvalue weighted by Gasteiger charge is 2.17. The molecule has 4 nitrogen and oxygen atoms in total. The largest absolute Gasteiger partial charge is 0.323 e. The van der Waals surface area contributed by atoms with Crippen LogP contribution < -0.4 is 5.73 Å². The molecule has 104 valence electrons. The van der Waals surface area contributed by atoms with E-state index in [1.807, 2.05) is 18.2 Å². The Bertz CT molecular complexity index is 671. The van der Waals surface area contributed by atoms with Crippen molar-refractivity contribution in [1.29, 1.82) is 0 Å². The van der Waals surface area contributed by atoms with Gasteiger partial charge >= 0.3 is 0 Å². The average molecular weight is 304 g/mol. The average Bonchev–Trinajstić information content (AvgIpc) is 3.04. The van der Waals surface area contributed by atoms with Crippen LogP contribution in [0.25, 0.3) is 10.2 Å². The van der Waals surface area contributed by atoms with Gasteiger partial charge in [-0.15, -0.1) is 16.4 Å². The quantitative estimate of drug-likeness (QED) is 0.785. The zero-order valence-corrected chi connectivity index (χ0v) is 12.9.